The van der Waals surface area contributed by atoms with Crippen molar-refractivity contribution in [1.82, 2.24) is 18.7 Å². The van der Waals surface area contributed by atoms with Crippen molar-refractivity contribution in [2.45, 2.75) is 0 Å². The summed E-state index contributed by atoms with van der Waals surface area (Å²) < 4.78 is 8.37. The zero-order valence-corrected chi connectivity index (χ0v) is 15.7. The summed E-state index contributed by atoms with van der Waals surface area (Å²) in [6, 6.07) is 14.2. The molecule has 0 aliphatic carbocycles. The van der Waals surface area contributed by atoms with E-state index in [0.717, 1.165) is 33.8 Å². The van der Waals surface area contributed by atoms with Crippen LogP contribution in [0.4, 0.5) is 0 Å². The Bertz CT molecular complexity index is 1400. The van der Waals surface area contributed by atoms with Gasteiger partial charge in [-0.2, -0.15) is 8.75 Å². The minimum absolute atomic E-state index is 0.117. The maximum atomic E-state index is 13.1. The Morgan fingerprint density at radius 1 is 0.897 bits per heavy atom. The predicted octanol–water partition coefficient (Wildman–Crippen LogP) is 3.56. The van der Waals surface area contributed by atoms with E-state index in [1.54, 1.807) is 54.9 Å². The van der Waals surface area contributed by atoms with Gasteiger partial charge in [-0.15, -0.1) is 0 Å². The fourth-order valence-electron chi connectivity index (χ4n) is 3.25. The van der Waals surface area contributed by atoms with Gasteiger partial charge < -0.3 is 10.7 Å². The standard InChI is InChI=1S/C21H13N5O2S/c22-20(28)12-3-1-11(2-4-12)14-7-15-16(10-24-21(15)23-9-14)19(27)13-5-6-17-18(8-13)26-29-25-17/h1-10H,(H2,22,28)(H,23,24). The monoisotopic (exact) mass is 399 g/mol. The van der Waals surface area contributed by atoms with Crippen molar-refractivity contribution in [1.29, 1.82) is 0 Å². The van der Waals surface area contributed by atoms with E-state index >= 15 is 0 Å². The molecule has 3 N–H and O–H groups in total. The van der Waals surface area contributed by atoms with Crippen LogP contribution in [0.2, 0.25) is 0 Å². The molecule has 0 fully saturated rings. The van der Waals surface area contributed by atoms with Gasteiger partial charge in [0.05, 0.1) is 11.7 Å². The second-order valence-electron chi connectivity index (χ2n) is 6.56. The van der Waals surface area contributed by atoms with E-state index in [1.807, 2.05) is 6.07 Å². The SMILES string of the molecule is NC(=O)c1ccc(-c2cnc3[nH]cc(C(=O)c4ccc5nsnc5c4)c3c2)cc1. The highest BCUT2D eigenvalue weighted by Gasteiger charge is 2.17. The number of fused-ring (bicyclic) bond motifs is 2. The first-order chi connectivity index (χ1) is 14.1. The van der Waals surface area contributed by atoms with E-state index in [1.165, 1.54) is 0 Å². The van der Waals surface area contributed by atoms with Gasteiger partial charge in [-0.05, 0) is 42.0 Å². The molecule has 0 atom stereocenters. The van der Waals surface area contributed by atoms with Crippen molar-refractivity contribution in [2.75, 3.05) is 0 Å². The maximum absolute atomic E-state index is 13.1. The number of nitrogens with zero attached hydrogens (tertiary/aromatic N) is 3. The molecule has 3 aromatic heterocycles. The summed E-state index contributed by atoms with van der Waals surface area (Å²) in [6.07, 6.45) is 3.39. The average molecular weight is 399 g/mol. The van der Waals surface area contributed by atoms with Crippen molar-refractivity contribution >= 4 is 45.5 Å². The Hall–Kier alpha value is -3.91. The fourth-order valence-corrected chi connectivity index (χ4v) is 3.77. The summed E-state index contributed by atoms with van der Waals surface area (Å²) >= 11 is 1.12. The molecule has 1 amide bonds. The third kappa shape index (κ3) is 2.95. The van der Waals surface area contributed by atoms with Gasteiger partial charge in [0.1, 0.15) is 16.7 Å². The highest BCUT2D eigenvalue weighted by atomic mass is 32.1. The van der Waals surface area contributed by atoms with Crippen LogP contribution in [0.15, 0.2) is 60.9 Å². The number of rotatable bonds is 4. The van der Waals surface area contributed by atoms with E-state index in [9.17, 15) is 9.59 Å². The van der Waals surface area contributed by atoms with Crippen LogP contribution in [0.3, 0.4) is 0 Å². The number of nitrogens with one attached hydrogen (secondary N) is 1. The van der Waals surface area contributed by atoms with Crippen LogP contribution in [0, 0.1) is 0 Å². The topological polar surface area (TPSA) is 115 Å². The summed E-state index contributed by atoms with van der Waals surface area (Å²) in [5, 5.41) is 0.725. The number of carbonyl (C=O) groups is 2. The molecule has 0 aliphatic heterocycles. The number of H-pyrrole nitrogens is 1. The highest BCUT2D eigenvalue weighted by molar-refractivity contribution is 7.00. The third-order valence-electron chi connectivity index (χ3n) is 4.79. The van der Waals surface area contributed by atoms with Crippen molar-refractivity contribution in [3.05, 3.63) is 77.6 Å². The van der Waals surface area contributed by atoms with Crippen LogP contribution in [-0.2, 0) is 0 Å². The number of aromatic nitrogens is 4. The molecule has 140 valence electrons. The summed E-state index contributed by atoms with van der Waals surface area (Å²) in [5.74, 6) is -0.592. The molecule has 0 aliphatic rings. The molecule has 8 heteroatoms. The van der Waals surface area contributed by atoms with E-state index in [0.29, 0.717) is 27.9 Å². The summed E-state index contributed by atoms with van der Waals surface area (Å²) in [4.78, 5) is 31.9. The Morgan fingerprint density at radius 3 is 2.45 bits per heavy atom. The molecule has 5 rings (SSSR count). The minimum atomic E-state index is -0.476. The van der Waals surface area contributed by atoms with Crippen molar-refractivity contribution in [3.8, 4) is 11.1 Å². The zero-order valence-electron chi connectivity index (χ0n) is 14.9. The normalized spacial score (nSPS) is 11.2. The van der Waals surface area contributed by atoms with E-state index in [-0.39, 0.29) is 5.78 Å². The van der Waals surface area contributed by atoms with Gasteiger partial charge in [0.15, 0.2) is 5.78 Å². The lowest BCUT2D eigenvalue weighted by atomic mass is 10.0. The van der Waals surface area contributed by atoms with Crippen LogP contribution in [0.1, 0.15) is 26.3 Å². The highest BCUT2D eigenvalue weighted by Crippen LogP contribution is 2.27. The molecule has 2 aromatic carbocycles. The lowest BCUT2D eigenvalue weighted by molar-refractivity contribution is 0.0998. The van der Waals surface area contributed by atoms with Crippen LogP contribution in [-0.4, -0.2) is 30.4 Å². The molecule has 29 heavy (non-hydrogen) atoms. The largest absolute Gasteiger partial charge is 0.366 e. The first kappa shape index (κ1) is 17.2. The van der Waals surface area contributed by atoms with Crippen LogP contribution in [0.25, 0.3) is 33.2 Å². The van der Waals surface area contributed by atoms with E-state index in [2.05, 4.69) is 18.7 Å². The van der Waals surface area contributed by atoms with Crippen LogP contribution < -0.4 is 5.73 Å². The molecule has 0 spiro atoms. The number of pyridine rings is 1. The molecule has 0 saturated carbocycles. The van der Waals surface area contributed by atoms with Gasteiger partial charge in [0.2, 0.25) is 5.91 Å². The molecule has 0 radical (unpaired) electrons. The molecule has 0 saturated heterocycles. The van der Waals surface area contributed by atoms with E-state index in [4.69, 9.17) is 5.73 Å². The summed E-state index contributed by atoms with van der Waals surface area (Å²) in [5.41, 5.74) is 10.6. The van der Waals surface area contributed by atoms with E-state index < -0.39 is 5.91 Å². The number of hydrogen-bond donors (Lipinski definition) is 2. The Balaban J connectivity index is 1.57. The van der Waals surface area contributed by atoms with Gasteiger partial charge in [-0.3, -0.25) is 9.59 Å². The molecule has 0 unspecified atom stereocenters. The molecular weight excluding hydrogens is 386 g/mol. The summed E-state index contributed by atoms with van der Waals surface area (Å²) in [7, 11) is 0. The number of benzene rings is 2. The first-order valence-electron chi connectivity index (χ1n) is 8.74. The van der Waals surface area contributed by atoms with Crippen LogP contribution in [0.5, 0.6) is 0 Å². The average Bonchev–Trinajstić information content (AvgIpc) is 3.39. The fraction of sp³-hybridized carbons (Fsp3) is 0. The zero-order chi connectivity index (χ0) is 20.0. The second-order valence-corrected chi connectivity index (χ2v) is 7.09. The molecule has 0 bridgehead atoms. The number of aromatic amines is 1. The third-order valence-corrected chi connectivity index (χ3v) is 5.35. The van der Waals surface area contributed by atoms with Gasteiger partial charge in [0, 0.05) is 40.0 Å². The number of nitrogens with two attached hydrogens (primary N) is 1. The quantitative estimate of drug-likeness (QED) is 0.448. The Labute approximate surface area is 168 Å². The van der Waals surface area contributed by atoms with Gasteiger partial charge in [0.25, 0.3) is 0 Å². The molecular formula is C21H13N5O2S. The maximum Gasteiger partial charge on any atom is 0.248 e. The number of amides is 1. The van der Waals surface area contributed by atoms with Gasteiger partial charge >= 0.3 is 0 Å². The predicted molar refractivity (Wildman–Crippen MR) is 111 cm³/mol. The molecule has 3 heterocycles. The Kier molecular flexibility index (Phi) is 3.92. The lowest BCUT2D eigenvalue weighted by Gasteiger charge is -2.04. The lowest BCUT2D eigenvalue weighted by Crippen LogP contribution is -2.10. The first-order valence-corrected chi connectivity index (χ1v) is 9.47. The second kappa shape index (κ2) is 6.61. The number of ketones is 1. The number of primary amides is 1. The van der Waals surface area contributed by atoms with Crippen molar-refractivity contribution < 1.29 is 9.59 Å². The van der Waals surface area contributed by atoms with Crippen molar-refractivity contribution in [2.24, 2.45) is 5.73 Å². The van der Waals surface area contributed by atoms with Gasteiger partial charge in [-0.25, -0.2) is 4.98 Å². The molecule has 7 nitrogen and oxygen atoms in total. The smallest absolute Gasteiger partial charge is 0.248 e. The number of carbonyl (C=O) groups excluding carboxylic acids is 2. The van der Waals surface area contributed by atoms with Crippen molar-refractivity contribution in [3.63, 3.8) is 0 Å². The summed E-state index contributed by atoms with van der Waals surface area (Å²) in [6.45, 7) is 0. The Morgan fingerprint density at radius 2 is 1.66 bits per heavy atom. The van der Waals surface area contributed by atoms with Crippen LogP contribution >= 0.6 is 11.7 Å². The minimum Gasteiger partial charge on any atom is -0.366 e. The number of hydrogen-bond acceptors (Lipinski definition) is 6. The molecule has 5 aromatic rings. The van der Waals surface area contributed by atoms with Gasteiger partial charge in [-0.1, -0.05) is 12.1 Å².